The van der Waals surface area contributed by atoms with E-state index in [2.05, 4.69) is 27.9 Å². The van der Waals surface area contributed by atoms with E-state index in [0.717, 1.165) is 19.3 Å². The standard InChI is InChI=1S/C34H64N6O6/c1-5-6-7-8-9-10-11-12-13-14-15-16-17-20-30(42)39-28(24-31(43)44)33(46)40-27(19-18-21-38-34(35)36)29(41)23-26(22-25(2)3)32(45)37-4/h25-28H,5-24H2,1-4H3,(H,37,45)(H,39,42)(H,40,46)(H,43,44)(H4,35,36,38)/t26-,27+,28+/m1/s1. The zero-order chi connectivity index (χ0) is 34.7. The minimum absolute atomic E-state index is 0.0971. The zero-order valence-electron chi connectivity index (χ0n) is 29.0. The molecular weight excluding hydrogens is 588 g/mol. The number of nitrogens with two attached hydrogens (primary N) is 2. The van der Waals surface area contributed by atoms with Crippen LogP contribution in [0, 0.1) is 11.8 Å². The van der Waals surface area contributed by atoms with Crippen molar-refractivity contribution in [2.75, 3.05) is 13.6 Å². The molecule has 0 aliphatic carbocycles. The number of nitrogens with zero attached hydrogens (tertiary/aromatic N) is 1. The molecule has 8 N–H and O–H groups in total. The molecule has 0 heterocycles. The van der Waals surface area contributed by atoms with Crippen LogP contribution < -0.4 is 27.4 Å². The van der Waals surface area contributed by atoms with E-state index in [1.54, 1.807) is 0 Å². The number of hydrogen-bond donors (Lipinski definition) is 6. The topological polar surface area (TPSA) is 206 Å². The molecule has 12 heteroatoms. The average Bonchev–Trinajstić information content (AvgIpc) is 2.99. The number of nitrogens with one attached hydrogen (secondary N) is 3. The molecule has 0 aromatic carbocycles. The minimum Gasteiger partial charge on any atom is -0.481 e. The third kappa shape index (κ3) is 23.2. The Balaban J connectivity index is 4.99. The molecule has 0 saturated carbocycles. The number of hydrogen-bond acceptors (Lipinski definition) is 6. The predicted octanol–water partition coefficient (Wildman–Crippen LogP) is 4.33. The van der Waals surface area contributed by atoms with Crippen LogP contribution in [-0.4, -0.2) is 66.2 Å². The maximum Gasteiger partial charge on any atom is 0.305 e. The lowest BCUT2D eigenvalue weighted by Crippen LogP contribution is -2.52. The highest BCUT2D eigenvalue weighted by atomic mass is 16.4. The number of unbranched alkanes of at least 4 members (excludes halogenated alkanes) is 12. The second kappa shape index (κ2) is 27.0. The van der Waals surface area contributed by atoms with Gasteiger partial charge in [0.25, 0.3) is 0 Å². The highest BCUT2D eigenvalue weighted by molar-refractivity contribution is 5.95. The predicted molar refractivity (Wildman–Crippen MR) is 183 cm³/mol. The Bertz CT molecular complexity index is 922. The number of carboxylic acids is 1. The Morgan fingerprint density at radius 2 is 1.26 bits per heavy atom. The molecule has 266 valence electrons. The minimum atomic E-state index is -1.34. The van der Waals surface area contributed by atoms with Crippen LogP contribution in [0.25, 0.3) is 0 Å². The van der Waals surface area contributed by atoms with Gasteiger partial charge in [0.15, 0.2) is 11.7 Å². The summed E-state index contributed by atoms with van der Waals surface area (Å²) in [6.45, 7) is 6.35. The van der Waals surface area contributed by atoms with Crippen LogP contribution in [0.15, 0.2) is 4.99 Å². The summed E-state index contributed by atoms with van der Waals surface area (Å²) in [4.78, 5) is 67.1. The lowest BCUT2D eigenvalue weighted by molar-refractivity contribution is -0.141. The fraction of sp³-hybridized carbons (Fsp3) is 0.824. The van der Waals surface area contributed by atoms with Crippen molar-refractivity contribution in [3.8, 4) is 0 Å². The third-order valence-electron chi connectivity index (χ3n) is 8.01. The molecule has 0 aromatic heterocycles. The quantitative estimate of drug-likeness (QED) is 0.0388. The van der Waals surface area contributed by atoms with Crippen molar-refractivity contribution in [3.05, 3.63) is 0 Å². The maximum atomic E-state index is 13.4. The average molecular weight is 653 g/mol. The number of aliphatic imine (C=N–C) groups is 1. The number of Topliss-reactive ketones (excluding diaryl/α,β-unsaturated/α-hetero) is 1. The van der Waals surface area contributed by atoms with Gasteiger partial charge in [-0.05, 0) is 31.6 Å². The van der Waals surface area contributed by atoms with Gasteiger partial charge in [-0.25, -0.2) is 0 Å². The van der Waals surface area contributed by atoms with E-state index in [-0.39, 0.29) is 49.4 Å². The van der Waals surface area contributed by atoms with Crippen molar-refractivity contribution in [3.63, 3.8) is 0 Å². The molecule has 0 aliphatic rings. The van der Waals surface area contributed by atoms with Crippen molar-refractivity contribution < 1.29 is 29.1 Å². The maximum absolute atomic E-state index is 13.4. The van der Waals surface area contributed by atoms with Crippen molar-refractivity contribution >= 4 is 35.4 Å². The molecule has 0 aromatic rings. The van der Waals surface area contributed by atoms with Gasteiger partial charge < -0.3 is 32.5 Å². The van der Waals surface area contributed by atoms with Crippen molar-refractivity contribution in [1.29, 1.82) is 0 Å². The van der Waals surface area contributed by atoms with Crippen LogP contribution in [0.2, 0.25) is 0 Å². The first kappa shape index (κ1) is 42.8. The molecular formula is C34H64N6O6. The second-order valence-corrected chi connectivity index (χ2v) is 12.8. The van der Waals surface area contributed by atoms with Gasteiger partial charge in [-0.2, -0.15) is 0 Å². The van der Waals surface area contributed by atoms with Gasteiger partial charge in [0.05, 0.1) is 12.5 Å². The van der Waals surface area contributed by atoms with Crippen LogP contribution in [0.1, 0.15) is 143 Å². The molecule has 0 bridgehead atoms. The smallest absolute Gasteiger partial charge is 0.305 e. The van der Waals surface area contributed by atoms with Crippen LogP contribution in [0.5, 0.6) is 0 Å². The largest absolute Gasteiger partial charge is 0.481 e. The van der Waals surface area contributed by atoms with E-state index < -0.39 is 42.2 Å². The monoisotopic (exact) mass is 652 g/mol. The molecule has 0 fully saturated rings. The van der Waals surface area contributed by atoms with Crippen molar-refractivity contribution in [2.24, 2.45) is 28.3 Å². The Morgan fingerprint density at radius 1 is 0.717 bits per heavy atom. The van der Waals surface area contributed by atoms with Crippen molar-refractivity contribution in [1.82, 2.24) is 16.0 Å². The first-order valence-corrected chi connectivity index (χ1v) is 17.5. The molecule has 0 spiro atoms. The Labute approximate surface area is 277 Å². The summed E-state index contributed by atoms with van der Waals surface area (Å²) < 4.78 is 0. The number of amides is 3. The third-order valence-corrected chi connectivity index (χ3v) is 8.01. The van der Waals surface area contributed by atoms with E-state index in [1.807, 2.05) is 13.8 Å². The summed E-state index contributed by atoms with van der Waals surface area (Å²) in [6, 6.07) is -2.35. The van der Waals surface area contributed by atoms with E-state index in [4.69, 9.17) is 11.5 Å². The number of rotatable bonds is 29. The Kier molecular flexibility index (Phi) is 25.1. The molecule has 46 heavy (non-hydrogen) atoms. The Hall–Kier alpha value is -3.18. The SMILES string of the molecule is CCCCCCCCCCCCCCCC(=O)N[C@@H](CC(=O)O)C(=O)N[C@@H](CCCN=C(N)N)C(=O)C[C@@H](CC(C)C)C(=O)NC. The molecule has 0 aliphatic heterocycles. The lowest BCUT2D eigenvalue weighted by atomic mass is 9.89. The molecule has 0 radical (unpaired) electrons. The number of guanidine groups is 1. The van der Waals surface area contributed by atoms with Crippen LogP contribution >= 0.6 is 0 Å². The molecule has 0 rings (SSSR count). The normalized spacial score (nSPS) is 13.0. The first-order valence-electron chi connectivity index (χ1n) is 17.5. The van der Waals surface area contributed by atoms with Gasteiger partial charge in [0, 0.05) is 32.4 Å². The van der Waals surface area contributed by atoms with Gasteiger partial charge in [-0.3, -0.25) is 29.0 Å². The number of carbonyl (C=O) groups is 5. The summed E-state index contributed by atoms with van der Waals surface area (Å²) in [5.41, 5.74) is 10.8. The van der Waals surface area contributed by atoms with E-state index in [0.29, 0.717) is 19.3 Å². The number of aliphatic carboxylic acids is 1. The van der Waals surface area contributed by atoms with Crippen LogP contribution in [0.4, 0.5) is 0 Å². The summed E-state index contributed by atoms with van der Waals surface area (Å²) in [5, 5.41) is 17.2. The molecule has 3 amide bonds. The van der Waals surface area contributed by atoms with Gasteiger partial charge in [0.2, 0.25) is 17.7 Å². The fourth-order valence-electron chi connectivity index (χ4n) is 5.48. The van der Waals surface area contributed by atoms with E-state index in [1.165, 1.54) is 64.8 Å². The van der Waals surface area contributed by atoms with E-state index >= 15 is 0 Å². The summed E-state index contributed by atoms with van der Waals surface area (Å²) in [6.07, 6.45) is 15.8. The molecule has 0 saturated heterocycles. The van der Waals surface area contributed by atoms with Gasteiger partial charge in [-0.1, -0.05) is 97.8 Å². The van der Waals surface area contributed by atoms with Gasteiger partial charge >= 0.3 is 5.97 Å². The highest BCUT2D eigenvalue weighted by Gasteiger charge is 2.31. The first-order chi connectivity index (χ1) is 21.9. The fourth-order valence-corrected chi connectivity index (χ4v) is 5.48. The summed E-state index contributed by atoms with van der Waals surface area (Å²) >= 11 is 0. The highest BCUT2D eigenvalue weighted by Crippen LogP contribution is 2.19. The van der Waals surface area contributed by atoms with Gasteiger partial charge in [0.1, 0.15) is 6.04 Å². The van der Waals surface area contributed by atoms with E-state index in [9.17, 15) is 29.1 Å². The van der Waals surface area contributed by atoms with Crippen molar-refractivity contribution in [2.45, 2.75) is 155 Å². The molecule has 3 atom stereocenters. The zero-order valence-corrected chi connectivity index (χ0v) is 29.0. The van der Waals surface area contributed by atoms with Crippen LogP contribution in [-0.2, 0) is 24.0 Å². The molecule has 12 nitrogen and oxygen atoms in total. The Morgan fingerprint density at radius 3 is 1.74 bits per heavy atom. The molecule has 0 unspecified atom stereocenters. The van der Waals surface area contributed by atoms with Crippen LogP contribution in [0.3, 0.4) is 0 Å². The lowest BCUT2D eigenvalue weighted by Gasteiger charge is -2.24. The summed E-state index contributed by atoms with van der Waals surface area (Å²) in [7, 11) is 1.51. The second-order valence-electron chi connectivity index (χ2n) is 12.8. The van der Waals surface area contributed by atoms with Gasteiger partial charge in [-0.15, -0.1) is 0 Å². The number of carbonyl (C=O) groups excluding carboxylic acids is 4. The summed E-state index contributed by atoms with van der Waals surface area (Å²) in [5.74, 6) is -3.57. The number of ketones is 1. The number of carboxylic acid groups (broad SMARTS) is 1.